The molecule has 0 saturated heterocycles. The molecule has 0 aliphatic carbocycles. The summed E-state index contributed by atoms with van der Waals surface area (Å²) in [6, 6.07) is 2.10. The Kier molecular flexibility index (Phi) is 3.99. The average molecular weight is 217 g/mol. The molecular formula is C10H13F2NO2. The minimum atomic E-state index is -0.983. The van der Waals surface area contributed by atoms with Crippen molar-refractivity contribution >= 4 is 0 Å². The molecule has 0 aromatic heterocycles. The molecule has 0 spiro atoms. The lowest BCUT2D eigenvalue weighted by Crippen LogP contribution is -2.23. The fourth-order valence-corrected chi connectivity index (χ4v) is 1.15. The Labute approximate surface area is 86.4 Å². The molecule has 1 atom stereocenters. The van der Waals surface area contributed by atoms with Gasteiger partial charge in [0.2, 0.25) is 0 Å². The summed E-state index contributed by atoms with van der Waals surface area (Å²) >= 11 is 0. The van der Waals surface area contributed by atoms with Crippen LogP contribution in [0.4, 0.5) is 8.78 Å². The molecule has 3 N–H and O–H groups in total. The number of nitrogens with one attached hydrogen (secondary N) is 1. The monoisotopic (exact) mass is 217 g/mol. The topological polar surface area (TPSA) is 52.5 Å². The highest BCUT2D eigenvalue weighted by Crippen LogP contribution is 2.21. The largest absolute Gasteiger partial charge is 0.503 e. The number of halogens is 2. The fourth-order valence-electron chi connectivity index (χ4n) is 1.15. The number of aliphatic hydroxyl groups excluding tert-OH is 1. The van der Waals surface area contributed by atoms with Gasteiger partial charge in [-0.2, -0.15) is 0 Å². The maximum Gasteiger partial charge on any atom is 0.187 e. The quantitative estimate of drug-likeness (QED) is 0.709. The molecule has 0 aliphatic rings. The van der Waals surface area contributed by atoms with Crippen LogP contribution in [0.3, 0.4) is 0 Å². The Hall–Kier alpha value is -1.20. The van der Waals surface area contributed by atoms with E-state index in [0.29, 0.717) is 12.1 Å². The average Bonchev–Trinajstić information content (AvgIpc) is 2.13. The summed E-state index contributed by atoms with van der Waals surface area (Å²) in [6.07, 6.45) is -0.517. The van der Waals surface area contributed by atoms with Crippen molar-refractivity contribution in [3.05, 3.63) is 29.3 Å². The van der Waals surface area contributed by atoms with Crippen LogP contribution < -0.4 is 5.32 Å². The fraction of sp³-hybridized carbons (Fsp3) is 0.400. The van der Waals surface area contributed by atoms with Crippen LogP contribution in [-0.4, -0.2) is 22.9 Å². The van der Waals surface area contributed by atoms with Gasteiger partial charge >= 0.3 is 0 Å². The van der Waals surface area contributed by atoms with Gasteiger partial charge < -0.3 is 15.5 Å². The number of hydrogen-bond donors (Lipinski definition) is 3. The van der Waals surface area contributed by atoms with Gasteiger partial charge in [0.15, 0.2) is 17.4 Å². The van der Waals surface area contributed by atoms with Crippen molar-refractivity contribution < 1.29 is 19.0 Å². The second-order valence-corrected chi connectivity index (χ2v) is 3.39. The van der Waals surface area contributed by atoms with Gasteiger partial charge in [-0.3, -0.25) is 0 Å². The summed E-state index contributed by atoms with van der Waals surface area (Å²) in [5.41, 5.74) is 0.378. The minimum absolute atomic E-state index is 0.235. The first-order valence-corrected chi connectivity index (χ1v) is 4.56. The predicted octanol–water partition coefficient (Wildman–Crippen LogP) is 1.14. The summed E-state index contributed by atoms with van der Waals surface area (Å²) in [5, 5.41) is 20.6. The molecule has 1 rings (SSSR count). The SMILES string of the molecule is CC(O)CNCc1cc(F)c(O)c(F)c1. The van der Waals surface area contributed by atoms with Crippen molar-refractivity contribution in [1.82, 2.24) is 5.32 Å². The minimum Gasteiger partial charge on any atom is -0.503 e. The van der Waals surface area contributed by atoms with E-state index in [1.54, 1.807) is 6.92 Å². The first-order chi connectivity index (χ1) is 7.00. The highest BCUT2D eigenvalue weighted by molar-refractivity contribution is 5.29. The predicted molar refractivity (Wildman–Crippen MR) is 51.4 cm³/mol. The molecule has 0 bridgehead atoms. The molecule has 0 fully saturated rings. The van der Waals surface area contributed by atoms with Crippen LogP contribution in [0.5, 0.6) is 5.75 Å². The summed E-state index contributed by atoms with van der Waals surface area (Å²) in [7, 11) is 0. The van der Waals surface area contributed by atoms with Crippen molar-refractivity contribution in [2.75, 3.05) is 6.54 Å². The van der Waals surface area contributed by atoms with Crippen molar-refractivity contribution in [1.29, 1.82) is 0 Å². The van der Waals surface area contributed by atoms with Crippen LogP contribution in [0, 0.1) is 11.6 Å². The Bertz CT molecular complexity index is 319. The van der Waals surface area contributed by atoms with Crippen LogP contribution in [0.1, 0.15) is 12.5 Å². The number of rotatable bonds is 4. The lowest BCUT2D eigenvalue weighted by Gasteiger charge is -2.07. The number of phenolic OH excluding ortho intramolecular Hbond substituents is 1. The molecule has 1 aromatic rings. The molecule has 0 aliphatic heterocycles. The molecule has 0 radical (unpaired) electrons. The Morgan fingerprint density at radius 3 is 2.33 bits per heavy atom. The van der Waals surface area contributed by atoms with Crippen LogP contribution in [0.25, 0.3) is 0 Å². The molecular weight excluding hydrogens is 204 g/mol. The van der Waals surface area contributed by atoms with E-state index in [1.807, 2.05) is 0 Å². The van der Waals surface area contributed by atoms with Crippen molar-refractivity contribution in [3.8, 4) is 5.75 Å². The molecule has 15 heavy (non-hydrogen) atoms. The Morgan fingerprint density at radius 2 is 1.87 bits per heavy atom. The summed E-state index contributed by atoms with van der Waals surface area (Å²) < 4.78 is 25.7. The summed E-state index contributed by atoms with van der Waals surface area (Å²) in [4.78, 5) is 0. The van der Waals surface area contributed by atoms with Gasteiger partial charge in [0.05, 0.1) is 6.10 Å². The molecule has 5 heteroatoms. The van der Waals surface area contributed by atoms with Gasteiger partial charge in [-0.1, -0.05) is 0 Å². The molecule has 0 saturated carbocycles. The van der Waals surface area contributed by atoms with E-state index >= 15 is 0 Å². The standard InChI is InChI=1S/C10H13F2NO2/c1-6(14)4-13-5-7-2-8(11)10(15)9(12)3-7/h2-3,6,13-15H,4-5H2,1H3. The molecule has 84 valence electrons. The smallest absolute Gasteiger partial charge is 0.187 e. The second kappa shape index (κ2) is 5.04. The zero-order valence-electron chi connectivity index (χ0n) is 8.30. The number of benzene rings is 1. The second-order valence-electron chi connectivity index (χ2n) is 3.39. The first-order valence-electron chi connectivity index (χ1n) is 4.56. The summed E-state index contributed by atoms with van der Waals surface area (Å²) in [5.74, 6) is -2.93. The van der Waals surface area contributed by atoms with Crippen molar-refractivity contribution in [2.45, 2.75) is 19.6 Å². The number of phenols is 1. The third-order valence-corrected chi connectivity index (χ3v) is 1.85. The number of hydrogen-bond acceptors (Lipinski definition) is 3. The van der Waals surface area contributed by atoms with Crippen LogP contribution in [-0.2, 0) is 6.54 Å². The van der Waals surface area contributed by atoms with Crippen LogP contribution in [0.15, 0.2) is 12.1 Å². The number of aliphatic hydroxyl groups is 1. The van der Waals surface area contributed by atoms with Crippen molar-refractivity contribution in [2.24, 2.45) is 0 Å². The lowest BCUT2D eigenvalue weighted by atomic mass is 10.2. The highest BCUT2D eigenvalue weighted by Gasteiger charge is 2.09. The first kappa shape index (κ1) is 11.9. The molecule has 1 unspecified atom stereocenters. The zero-order valence-corrected chi connectivity index (χ0v) is 8.30. The zero-order chi connectivity index (χ0) is 11.4. The molecule has 0 heterocycles. The van der Waals surface area contributed by atoms with E-state index in [4.69, 9.17) is 10.2 Å². The van der Waals surface area contributed by atoms with Gasteiger partial charge in [-0.15, -0.1) is 0 Å². The van der Waals surface area contributed by atoms with Gasteiger partial charge in [-0.25, -0.2) is 8.78 Å². The summed E-state index contributed by atoms with van der Waals surface area (Å²) in [6.45, 7) is 2.17. The van der Waals surface area contributed by atoms with Gasteiger partial charge in [0.1, 0.15) is 0 Å². The van der Waals surface area contributed by atoms with E-state index in [-0.39, 0.29) is 6.54 Å². The van der Waals surface area contributed by atoms with Gasteiger partial charge in [0.25, 0.3) is 0 Å². The Morgan fingerprint density at radius 1 is 1.33 bits per heavy atom. The van der Waals surface area contributed by atoms with Gasteiger partial charge in [-0.05, 0) is 24.6 Å². The molecule has 3 nitrogen and oxygen atoms in total. The van der Waals surface area contributed by atoms with E-state index in [9.17, 15) is 8.78 Å². The third kappa shape index (κ3) is 3.45. The van der Waals surface area contributed by atoms with Crippen LogP contribution in [0.2, 0.25) is 0 Å². The van der Waals surface area contributed by atoms with E-state index in [2.05, 4.69) is 5.32 Å². The number of aromatic hydroxyl groups is 1. The van der Waals surface area contributed by atoms with E-state index in [1.165, 1.54) is 0 Å². The highest BCUT2D eigenvalue weighted by atomic mass is 19.1. The van der Waals surface area contributed by atoms with E-state index < -0.39 is 23.5 Å². The maximum absolute atomic E-state index is 12.9. The lowest BCUT2D eigenvalue weighted by molar-refractivity contribution is 0.191. The van der Waals surface area contributed by atoms with Crippen molar-refractivity contribution in [3.63, 3.8) is 0 Å². The normalized spacial score (nSPS) is 12.8. The third-order valence-electron chi connectivity index (χ3n) is 1.85. The van der Waals surface area contributed by atoms with E-state index in [0.717, 1.165) is 12.1 Å². The molecule has 1 aromatic carbocycles. The Balaban J connectivity index is 2.63. The van der Waals surface area contributed by atoms with Gasteiger partial charge in [0, 0.05) is 13.1 Å². The molecule has 0 amide bonds. The van der Waals surface area contributed by atoms with Crippen LogP contribution >= 0.6 is 0 Å². The maximum atomic E-state index is 12.9.